The third-order valence-corrected chi connectivity index (χ3v) is 3.26. The predicted octanol–water partition coefficient (Wildman–Crippen LogP) is 3.96. The van der Waals surface area contributed by atoms with Crippen molar-refractivity contribution in [3.05, 3.63) is 65.3 Å². The molecule has 5 heteroatoms. The van der Waals surface area contributed by atoms with Crippen LogP contribution in [0.3, 0.4) is 0 Å². The molecular formula is C16H12ClN3O. The first-order valence-electron chi connectivity index (χ1n) is 6.30. The zero-order valence-electron chi connectivity index (χ0n) is 11.0. The maximum atomic E-state index is 7.58. The molecule has 0 bridgehead atoms. The molecule has 0 radical (unpaired) electrons. The van der Waals surface area contributed by atoms with Gasteiger partial charge in [0.25, 0.3) is 0 Å². The third kappa shape index (κ3) is 2.80. The Bertz CT molecular complexity index is 833. The first-order valence-corrected chi connectivity index (χ1v) is 6.68. The zero-order chi connectivity index (χ0) is 14.8. The summed E-state index contributed by atoms with van der Waals surface area (Å²) in [5.41, 5.74) is 6.94. The van der Waals surface area contributed by atoms with E-state index in [1.807, 2.05) is 30.3 Å². The fourth-order valence-electron chi connectivity index (χ4n) is 2.04. The second-order valence-corrected chi connectivity index (χ2v) is 4.96. The molecule has 0 aliphatic heterocycles. The Morgan fingerprint density at radius 3 is 2.76 bits per heavy atom. The number of rotatable bonds is 3. The Balaban J connectivity index is 2.02. The summed E-state index contributed by atoms with van der Waals surface area (Å²) in [5, 5.41) is 9.07. The molecule has 0 saturated heterocycles. The number of hydrogen-bond acceptors (Lipinski definition) is 3. The molecule has 3 N–H and O–H groups in total. The van der Waals surface area contributed by atoms with Crippen LogP contribution in [0.2, 0.25) is 5.02 Å². The number of benzene rings is 2. The van der Waals surface area contributed by atoms with Crippen LogP contribution in [-0.2, 0) is 0 Å². The molecule has 0 amide bonds. The average Bonchev–Trinajstić information content (AvgIpc) is 2.47. The molecule has 0 spiro atoms. The van der Waals surface area contributed by atoms with Gasteiger partial charge >= 0.3 is 0 Å². The minimum absolute atomic E-state index is 0.0737. The Morgan fingerprint density at radius 1 is 1.14 bits per heavy atom. The van der Waals surface area contributed by atoms with E-state index in [-0.39, 0.29) is 5.84 Å². The van der Waals surface area contributed by atoms with Crippen molar-refractivity contribution < 1.29 is 4.74 Å². The van der Waals surface area contributed by atoms with Crippen LogP contribution in [0.5, 0.6) is 11.5 Å². The molecule has 2 aromatic carbocycles. The molecule has 0 unspecified atom stereocenters. The van der Waals surface area contributed by atoms with E-state index in [2.05, 4.69) is 4.98 Å². The monoisotopic (exact) mass is 297 g/mol. The molecule has 21 heavy (non-hydrogen) atoms. The average molecular weight is 298 g/mol. The van der Waals surface area contributed by atoms with Crippen molar-refractivity contribution in [1.29, 1.82) is 5.41 Å². The third-order valence-electron chi connectivity index (χ3n) is 3.03. The van der Waals surface area contributed by atoms with E-state index in [4.69, 9.17) is 27.5 Å². The van der Waals surface area contributed by atoms with Gasteiger partial charge in [-0.05, 0) is 24.3 Å². The number of para-hydroxylation sites is 1. The van der Waals surface area contributed by atoms with Crippen molar-refractivity contribution in [1.82, 2.24) is 4.98 Å². The summed E-state index contributed by atoms with van der Waals surface area (Å²) in [6.45, 7) is 0. The van der Waals surface area contributed by atoms with Crippen molar-refractivity contribution in [2.45, 2.75) is 0 Å². The SMILES string of the molecule is N=C(N)c1ccc(Cl)cc1Oc1cnc2ccccc2c1. The maximum absolute atomic E-state index is 7.58. The van der Waals surface area contributed by atoms with Gasteiger partial charge in [0.05, 0.1) is 17.3 Å². The highest BCUT2D eigenvalue weighted by molar-refractivity contribution is 6.30. The maximum Gasteiger partial charge on any atom is 0.146 e. The van der Waals surface area contributed by atoms with Crippen molar-refractivity contribution in [2.75, 3.05) is 0 Å². The molecule has 3 rings (SSSR count). The summed E-state index contributed by atoms with van der Waals surface area (Å²) in [5.74, 6) is 0.931. The van der Waals surface area contributed by atoms with Crippen LogP contribution in [0, 0.1) is 5.41 Å². The van der Waals surface area contributed by atoms with Gasteiger partial charge in [0, 0.05) is 16.5 Å². The van der Waals surface area contributed by atoms with Gasteiger partial charge in [-0.15, -0.1) is 0 Å². The summed E-state index contributed by atoms with van der Waals surface area (Å²) in [4.78, 5) is 4.33. The zero-order valence-corrected chi connectivity index (χ0v) is 11.8. The van der Waals surface area contributed by atoms with Gasteiger partial charge in [-0.1, -0.05) is 29.8 Å². The van der Waals surface area contributed by atoms with Crippen LogP contribution in [-0.4, -0.2) is 10.8 Å². The molecule has 0 aliphatic carbocycles. The number of amidine groups is 1. The smallest absolute Gasteiger partial charge is 0.146 e. The van der Waals surface area contributed by atoms with Gasteiger partial charge in [0.1, 0.15) is 17.3 Å². The lowest BCUT2D eigenvalue weighted by molar-refractivity contribution is 0.480. The predicted molar refractivity (Wildman–Crippen MR) is 84.3 cm³/mol. The quantitative estimate of drug-likeness (QED) is 0.567. The number of nitrogens with one attached hydrogen (secondary N) is 1. The van der Waals surface area contributed by atoms with Gasteiger partial charge in [-0.3, -0.25) is 10.4 Å². The lowest BCUT2D eigenvalue weighted by atomic mass is 10.2. The number of halogens is 1. The number of aromatic nitrogens is 1. The van der Waals surface area contributed by atoms with Gasteiger partial charge < -0.3 is 10.5 Å². The number of fused-ring (bicyclic) bond motifs is 1. The summed E-state index contributed by atoms with van der Waals surface area (Å²) in [6.07, 6.45) is 1.63. The lowest BCUT2D eigenvalue weighted by Gasteiger charge is -2.11. The molecule has 104 valence electrons. The van der Waals surface area contributed by atoms with Crippen LogP contribution in [0.4, 0.5) is 0 Å². The van der Waals surface area contributed by atoms with E-state index in [0.717, 1.165) is 10.9 Å². The van der Waals surface area contributed by atoms with Crippen LogP contribution in [0.15, 0.2) is 54.7 Å². The Kier molecular flexibility index (Phi) is 3.46. The largest absolute Gasteiger partial charge is 0.455 e. The van der Waals surface area contributed by atoms with Crippen LogP contribution in [0.1, 0.15) is 5.56 Å². The van der Waals surface area contributed by atoms with E-state index in [9.17, 15) is 0 Å². The molecule has 3 aromatic rings. The Hall–Kier alpha value is -2.59. The molecular weight excluding hydrogens is 286 g/mol. The molecule has 1 aromatic heterocycles. The summed E-state index contributed by atoms with van der Waals surface area (Å²) >= 11 is 5.98. The van der Waals surface area contributed by atoms with Gasteiger partial charge in [-0.25, -0.2) is 0 Å². The van der Waals surface area contributed by atoms with Gasteiger partial charge in [-0.2, -0.15) is 0 Å². The summed E-state index contributed by atoms with van der Waals surface area (Å²) < 4.78 is 5.79. The molecule has 4 nitrogen and oxygen atoms in total. The minimum Gasteiger partial charge on any atom is -0.455 e. The second-order valence-electron chi connectivity index (χ2n) is 4.52. The van der Waals surface area contributed by atoms with Crippen LogP contribution >= 0.6 is 11.6 Å². The number of pyridine rings is 1. The van der Waals surface area contributed by atoms with Crippen LogP contribution in [0.25, 0.3) is 10.9 Å². The number of nitrogens with two attached hydrogens (primary N) is 1. The van der Waals surface area contributed by atoms with E-state index in [1.165, 1.54) is 0 Å². The van der Waals surface area contributed by atoms with Crippen molar-refractivity contribution in [2.24, 2.45) is 5.73 Å². The van der Waals surface area contributed by atoms with Crippen molar-refractivity contribution in [3.63, 3.8) is 0 Å². The lowest BCUT2D eigenvalue weighted by Crippen LogP contribution is -2.12. The second kappa shape index (κ2) is 5.42. The van der Waals surface area contributed by atoms with Gasteiger partial charge in [0.2, 0.25) is 0 Å². The van der Waals surface area contributed by atoms with Gasteiger partial charge in [0.15, 0.2) is 0 Å². The number of ether oxygens (including phenoxy) is 1. The highest BCUT2D eigenvalue weighted by Gasteiger charge is 2.09. The molecule has 0 aliphatic rings. The fraction of sp³-hybridized carbons (Fsp3) is 0. The Morgan fingerprint density at radius 2 is 1.95 bits per heavy atom. The summed E-state index contributed by atoms with van der Waals surface area (Å²) in [7, 11) is 0. The van der Waals surface area contributed by atoms with E-state index in [1.54, 1.807) is 24.4 Å². The minimum atomic E-state index is -0.0737. The van der Waals surface area contributed by atoms with E-state index < -0.39 is 0 Å². The Labute approximate surface area is 126 Å². The molecule has 1 heterocycles. The van der Waals surface area contributed by atoms with E-state index >= 15 is 0 Å². The van der Waals surface area contributed by atoms with Crippen LogP contribution < -0.4 is 10.5 Å². The molecule has 0 fully saturated rings. The molecule has 0 atom stereocenters. The van der Waals surface area contributed by atoms with Crippen molar-refractivity contribution in [3.8, 4) is 11.5 Å². The number of hydrogen-bond donors (Lipinski definition) is 2. The first-order chi connectivity index (χ1) is 10.1. The number of nitrogens with zero attached hydrogens (tertiary/aromatic N) is 1. The normalized spacial score (nSPS) is 10.5. The number of nitrogen functional groups attached to an aromatic ring is 1. The molecule has 0 saturated carbocycles. The highest BCUT2D eigenvalue weighted by atomic mass is 35.5. The highest BCUT2D eigenvalue weighted by Crippen LogP contribution is 2.29. The van der Waals surface area contributed by atoms with E-state index in [0.29, 0.717) is 22.1 Å². The summed E-state index contributed by atoms with van der Waals surface area (Å²) in [6, 6.07) is 14.6. The fourth-order valence-corrected chi connectivity index (χ4v) is 2.20. The first kappa shape index (κ1) is 13.4. The topological polar surface area (TPSA) is 72.0 Å². The standard InChI is InChI=1S/C16H12ClN3O/c17-11-5-6-13(16(18)19)15(8-11)21-12-7-10-3-1-2-4-14(10)20-9-12/h1-9H,(H3,18,19). The van der Waals surface area contributed by atoms with Crippen molar-refractivity contribution >= 4 is 28.3 Å².